The lowest BCUT2D eigenvalue weighted by molar-refractivity contribution is -0.117. The van der Waals surface area contributed by atoms with Crippen molar-refractivity contribution in [3.05, 3.63) is 78.1 Å². The molecule has 1 aliphatic rings. The van der Waals surface area contributed by atoms with Gasteiger partial charge < -0.3 is 15.4 Å². The Labute approximate surface area is 174 Å². The van der Waals surface area contributed by atoms with Crippen molar-refractivity contribution in [2.24, 2.45) is 0 Å². The van der Waals surface area contributed by atoms with Crippen LogP contribution >= 0.6 is 0 Å². The highest BCUT2D eigenvalue weighted by Gasteiger charge is 2.14. The van der Waals surface area contributed by atoms with E-state index in [9.17, 15) is 9.59 Å². The van der Waals surface area contributed by atoms with E-state index in [-0.39, 0.29) is 11.8 Å². The lowest BCUT2D eigenvalue weighted by atomic mass is 10.0. The Hall–Kier alpha value is -3.87. The lowest BCUT2D eigenvalue weighted by Crippen LogP contribution is -2.26. The Morgan fingerprint density at radius 3 is 2.93 bits per heavy atom. The average Bonchev–Trinajstić information content (AvgIpc) is 3.25. The number of hydrogen-bond acceptors (Lipinski definition) is 4. The maximum absolute atomic E-state index is 12.0. The summed E-state index contributed by atoms with van der Waals surface area (Å²) < 4.78 is 7.46. The van der Waals surface area contributed by atoms with E-state index in [4.69, 9.17) is 4.74 Å². The second-order valence-corrected chi connectivity index (χ2v) is 6.89. The standard InChI is InChI=1S/C23H22N4O3/c28-22(10-6-17-15-25-27(16-17)19-4-2-1-3-5-19)24-12-13-30-20-8-9-21-18(14-20)7-11-23(29)26-21/h1-6,8-10,14-16H,7,11-13H2,(H,24,28)(H,26,29)/b10-6+. The van der Waals surface area contributed by atoms with Gasteiger partial charge in [-0.15, -0.1) is 0 Å². The Bertz CT molecular complexity index is 1070. The molecule has 0 unspecified atom stereocenters. The van der Waals surface area contributed by atoms with Gasteiger partial charge in [0.2, 0.25) is 11.8 Å². The van der Waals surface area contributed by atoms with Crippen molar-refractivity contribution in [3.63, 3.8) is 0 Å². The normalized spacial score (nSPS) is 13.0. The van der Waals surface area contributed by atoms with Crippen LogP contribution in [0.25, 0.3) is 11.8 Å². The number of anilines is 1. The minimum Gasteiger partial charge on any atom is -0.492 e. The monoisotopic (exact) mass is 402 g/mol. The number of benzene rings is 2. The zero-order chi connectivity index (χ0) is 20.8. The first-order chi connectivity index (χ1) is 14.7. The Balaban J connectivity index is 1.22. The summed E-state index contributed by atoms with van der Waals surface area (Å²) in [5, 5.41) is 9.94. The number of hydrogen-bond donors (Lipinski definition) is 2. The maximum atomic E-state index is 12.0. The summed E-state index contributed by atoms with van der Waals surface area (Å²) in [6.07, 6.45) is 7.97. The number of aromatic nitrogens is 2. The zero-order valence-electron chi connectivity index (χ0n) is 16.4. The average molecular weight is 402 g/mol. The van der Waals surface area contributed by atoms with Crippen LogP contribution in [0.5, 0.6) is 5.75 Å². The van der Waals surface area contributed by atoms with Gasteiger partial charge in [-0.3, -0.25) is 9.59 Å². The fourth-order valence-electron chi connectivity index (χ4n) is 3.17. The van der Waals surface area contributed by atoms with Gasteiger partial charge in [-0.25, -0.2) is 4.68 Å². The molecule has 2 aromatic carbocycles. The van der Waals surface area contributed by atoms with E-state index in [0.29, 0.717) is 26.0 Å². The van der Waals surface area contributed by atoms with Crippen molar-refractivity contribution in [1.82, 2.24) is 15.1 Å². The Morgan fingerprint density at radius 1 is 1.20 bits per heavy atom. The molecule has 7 heteroatoms. The van der Waals surface area contributed by atoms with Crippen molar-refractivity contribution in [1.29, 1.82) is 0 Å². The number of fused-ring (bicyclic) bond motifs is 1. The van der Waals surface area contributed by atoms with Crippen LogP contribution in [0.3, 0.4) is 0 Å². The summed E-state index contributed by atoms with van der Waals surface area (Å²) in [5.41, 5.74) is 3.71. The SMILES string of the molecule is O=C(/C=C/c1cnn(-c2ccccc2)c1)NCCOc1ccc2c(c1)CCC(=O)N2. The van der Waals surface area contributed by atoms with E-state index in [2.05, 4.69) is 15.7 Å². The van der Waals surface area contributed by atoms with Crippen molar-refractivity contribution < 1.29 is 14.3 Å². The molecule has 0 atom stereocenters. The molecule has 30 heavy (non-hydrogen) atoms. The van der Waals surface area contributed by atoms with Crippen LogP contribution in [0.2, 0.25) is 0 Å². The van der Waals surface area contributed by atoms with E-state index < -0.39 is 0 Å². The topological polar surface area (TPSA) is 85.2 Å². The number of amides is 2. The third-order valence-electron chi connectivity index (χ3n) is 4.69. The number of ether oxygens (including phenoxy) is 1. The van der Waals surface area contributed by atoms with Crippen LogP contribution in [-0.4, -0.2) is 34.7 Å². The molecule has 152 valence electrons. The first kappa shape index (κ1) is 19.4. The number of rotatable bonds is 7. The van der Waals surface area contributed by atoms with Crippen LogP contribution in [0, 0.1) is 0 Å². The third-order valence-corrected chi connectivity index (χ3v) is 4.69. The zero-order valence-corrected chi connectivity index (χ0v) is 16.4. The smallest absolute Gasteiger partial charge is 0.244 e. The molecular formula is C23H22N4O3. The molecule has 1 aliphatic heterocycles. The third kappa shape index (κ3) is 4.94. The summed E-state index contributed by atoms with van der Waals surface area (Å²) in [5.74, 6) is 0.571. The molecule has 0 spiro atoms. The highest BCUT2D eigenvalue weighted by atomic mass is 16.5. The lowest BCUT2D eigenvalue weighted by Gasteiger charge is -2.17. The molecule has 0 fully saturated rings. The molecule has 0 aliphatic carbocycles. The van der Waals surface area contributed by atoms with Gasteiger partial charge in [0.25, 0.3) is 0 Å². The second kappa shape index (κ2) is 9.09. The van der Waals surface area contributed by atoms with E-state index in [0.717, 1.165) is 28.3 Å². The molecule has 0 bridgehead atoms. The molecule has 4 rings (SSSR count). The predicted octanol–water partition coefficient (Wildman–Crippen LogP) is 2.97. The van der Waals surface area contributed by atoms with Gasteiger partial charge >= 0.3 is 0 Å². The molecule has 2 heterocycles. The predicted molar refractivity (Wildman–Crippen MR) is 114 cm³/mol. The quantitative estimate of drug-likeness (QED) is 0.470. The highest BCUT2D eigenvalue weighted by Crippen LogP contribution is 2.26. The summed E-state index contributed by atoms with van der Waals surface area (Å²) in [7, 11) is 0. The number of aryl methyl sites for hydroxylation is 1. The number of carbonyl (C=O) groups excluding carboxylic acids is 2. The summed E-state index contributed by atoms with van der Waals surface area (Å²) in [4.78, 5) is 23.4. The van der Waals surface area contributed by atoms with Crippen molar-refractivity contribution in [2.75, 3.05) is 18.5 Å². The van der Waals surface area contributed by atoms with Crippen LogP contribution in [0.1, 0.15) is 17.5 Å². The molecule has 3 aromatic rings. The van der Waals surface area contributed by atoms with E-state index in [1.807, 2.05) is 54.7 Å². The molecule has 2 N–H and O–H groups in total. The van der Waals surface area contributed by atoms with Gasteiger partial charge in [-0.2, -0.15) is 5.10 Å². The fourth-order valence-corrected chi connectivity index (χ4v) is 3.17. The summed E-state index contributed by atoms with van der Waals surface area (Å²) >= 11 is 0. The van der Waals surface area contributed by atoms with Gasteiger partial charge in [-0.05, 0) is 48.4 Å². The van der Waals surface area contributed by atoms with Gasteiger partial charge in [0.15, 0.2) is 0 Å². The minimum absolute atomic E-state index is 0.0411. The first-order valence-corrected chi connectivity index (χ1v) is 9.79. The number of nitrogens with zero attached hydrogens (tertiary/aromatic N) is 2. The van der Waals surface area contributed by atoms with Crippen LogP contribution in [0.4, 0.5) is 5.69 Å². The number of carbonyl (C=O) groups is 2. The van der Waals surface area contributed by atoms with Gasteiger partial charge in [0, 0.05) is 29.9 Å². The molecular weight excluding hydrogens is 380 g/mol. The van der Waals surface area contributed by atoms with Gasteiger partial charge in [-0.1, -0.05) is 18.2 Å². The maximum Gasteiger partial charge on any atom is 0.244 e. The van der Waals surface area contributed by atoms with Crippen LogP contribution < -0.4 is 15.4 Å². The summed E-state index contributed by atoms with van der Waals surface area (Å²) in [6.45, 7) is 0.747. The number of nitrogens with one attached hydrogen (secondary N) is 2. The van der Waals surface area contributed by atoms with Crippen molar-refractivity contribution in [2.45, 2.75) is 12.8 Å². The molecule has 0 saturated carbocycles. The van der Waals surface area contributed by atoms with Crippen molar-refractivity contribution >= 4 is 23.6 Å². The molecule has 2 amide bonds. The Kier molecular flexibility index (Phi) is 5.89. The summed E-state index contributed by atoms with van der Waals surface area (Å²) in [6, 6.07) is 15.4. The molecule has 1 aromatic heterocycles. The highest BCUT2D eigenvalue weighted by molar-refractivity contribution is 5.94. The number of para-hydroxylation sites is 1. The second-order valence-electron chi connectivity index (χ2n) is 6.89. The largest absolute Gasteiger partial charge is 0.492 e. The Morgan fingerprint density at radius 2 is 2.07 bits per heavy atom. The minimum atomic E-state index is -0.195. The van der Waals surface area contributed by atoms with Gasteiger partial charge in [0.1, 0.15) is 12.4 Å². The van der Waals surface area contributed by atoms with Gasteiger partial charge in [0.05, 0.1) is 18.4 Å². The molecule has 0 radical (unpaired) electrons. The van der Waals surface area contributed by atoms with E-state index >= 15 is 0 Å². The van der Waals surface area contributed by atoms with Crippen LogP contribution in [-0.2, 0) is 16.0 Å². The fraction of sp³-hybridized carbons (Fsp3) is 0.174. The molecule has 7 nitrogen and oxygen atoms in total. The first-order valence-electron chi connectivity index (χ1n) is 9.79. The van der Waals surface area contributed by atoms with E-state index in [1.165, 1.54) is 6.08 Å². The molecule has 0 saturated heterocycles. The van der Waals surface area contributed by atoms with E-state index in [1.54, 1.807) is 17.0 Å². The van der Waals surface area contributed by atoms with Crippen molar-refractivity contribution in [3.8, 4) is 11.4 Å². The van der Waals surface area contributed by atoms with Crippen LogP contribution in [0.15, 0.2) is 67.0 Å².